The van der Waals surface area contributed by atoms with Gasteiger partial charge in [-0.25, -0.2) is 0 Å². The van der Waals surface area contributed by atoms with Gasteiger partial charge in [-0.15, -0.1) is 0 Å². The molecule has 1 saturated heterocycles. The van der Waals surface area contributed by atoms with Crippen molar-refractivity contribution in [2.24, 2.45) is 5.92 Å². The molecule has 1 aliphatic heterocycles. The third-order valence-electron chi connectivity index (χ3n) is 3.12. The minimum atomic E-state index is -0.661. The molecule has 1 fully saturated rings. The molecule has 0 atom stereocenters. The molecular formula is C12H21NO2. The van der Waals surface area contributed by atoms with Crippen molar-refractivity contribution in [2.75, 3.05) is 19.6 Å². The van der Waals surface area contributed by atoms with Gasteiger partial charge in [0, 0.05) is 13.0 Å². The number of carbonyl (C=O) groups is 1. The number of piperidine rings is 1. The Kier molecular flexibility index (Phi) is 4.82. The summed E-state index contributed by atoms with van der Waals surface area (Å²) in [5, 5.41) is 8.69. The zero-order chi connectivity index (χ0) is 11.3. The molecule has 1 heterocycles. The molecule has 0 aliphatic carbocycles. The number of hydrogen-bond acceptors (Lipinski definition) is 2. The van der Waals surface area contributed by atoms with Gasteiger partial charge in [0.2, 0.25) is 0 Å². The van der Waals surface area contributed by atoms with Crippen molar-refractivity contribution >= 4 is 5.97 Å². The van der Waals surface area contributed by atoms with Crippen LogP contribution >= 0.6 is 0 Å². The quantitative estimate of drug-likeness (QED) is 0.708. The maximum Gasteiger partial charge on any atom is 0.303 e. The summed E-state index contributed by atoms with van der Waals surface area (Å²) < 4.78 is 0. The first-order valence-electron chi connectivity index (χ1n) is 5.72. The van der Waals surface area contributed by atoms with Crippen molar-refractivity contribution < 1.29 is 9.90 Å². The van der Waals surface area contributed by atoms with Gasteiger partial charge in [0.1, 0.15) is 0 Å². The number of nitrogens with zero attached hydrogens (tertiary/aromatic N) is 1. The van der Waals surface area contributed by atoms with Crippen molar-refractivity contribution in [1.82, 2.24) is 4.90 Å². The van der Waals surface area contributed by atoms with Crippen LogP contribution in [0, 0.1) is 5.92 Å². The van der Waals surface area contributed by atoms with Gasteiger partial charge in [0.05, 0.1) is 0 Å². The van der Waals surface area contributed by atoms with Gasteiger partial charge in [-0.3, -0.25) is 9.69 Å². The summed E-state index contributed by atoms with van der Waals surface area (Å²) in [6.07, 6.45) is 3.41. The van der Waals surface area contributed by atoms with Crippen LogP contribution in [0.3, 0.4) is 0 Å². The monoisotopic (exact) mass is 211 g/mol. The zero-order valence-electron chi connectivity index (χ0n) is 9.54. The maximum absolute atomic E-state index is 10.5. The Labute approximate surface area is 91.8 Å². The standard InChI is InChI=1S/C12H21NO2/c1-3-10(2)9-13-6-4-11(5-7-13)8-12(14)15/h11H,2-9H2,1H3,(H,14,15). The van der Waals surface area contributed by atoms with Gasteiger partial charge in [-0.1, -0.05) is 19.1 Å². The third kappa shape index (κ3) is 4.47. The van der Waals surface area contributed by atoms with E-state index in [1.165, 1.54) is 5.57 Å². The molecule has 0 aromatic rings. The number of hydrogen-bond donors (Lipinski definition) is 1. The fourth-order valence-electron chi connectivity index (χ4n) is 2.02. The van der Waals surface area contributed by atoms with Crippen LogP contribution < -0.4 is 0 Å². The summed E-state index contributed by atoms with van der Waals surface area (Å²) in [5.41, 5.74) is 1.27. The number of carboxylic acid groups (broad SMARTS) is 1. The second-order valence-electron chi connectivity index (χ2n) is 4.42. The van der Waals surface area contributed by atoms with E-state index in [1.807, 2.05) is 0 Å². The third-order valence-corrected chi connectivity index (χ3v) is 3.12. The Morgan fingerprint density at radius 3 is 2.53 bits per heavy atom. The highest BCUT2D eigenvalue weighted by Gasteiger charge is 2.20. The Morgan fingerprint density at radius 1 is 1.47 bits per heavy atom. The second-order valence-corrected chi connectivity index (χ2v) is 4.42. The molecule has 1 N–H and O–H groups in total. The number of aliphatic carboxylic acids is 1. The molecule has 0 bridgehead atoms. The van der Waals surface area contributed by atoms with Gasteiger partial charge in [0.25, 0.3) is 0 Å². The Bertz CT molecular complexity index is 230. The highest BCUT2D eigenvalue weighted by Crippen LogP contribution is 2.21. The molecule has 0 unspecified atom stereocenters. The first-order chi connectivity index (χ1) is 7.11. The summed E-state index contributed by atoms with van der Waals surface area (Å²) in [4.78, 5) is 12.9. The molecule has 0 spiro atoms. The minimum absolute atomic E-state index is 0.336. The predicted octanol–water partition coefficient (Wildman–Crippen LogP) is 2.14. The molecule has 0 radical (unpaired) electrons. The number of carboxylic acids is 1. The Hall–Kier alpha value is -0.830. The highest BCUT2D eigenvalue weighted by atomic mass is 16.4. The van der Waals surface area contributed by atoms with Gasteiger partial charge in [-0.2, -0.15) is 0 Å². The van der Waals surface area contributed by atoms with E-state index in [0.29, 0.717) is 12.3 Å². The average Bonchev–Trinajstić information content (AvgIpc) is 2.20. The molecule has 1 aliphatic rings. The van der Waals surface area contributed by atoms with Crippen molar-refractivity contribution in [3.05, 3.63) is 12.2 Å². The summed E-state index contributed by atoms with van der Waals surface area (Å²) in [6, 6.07) is 0. The lowest BCUT2D eigenvalue weighted by Gasteiger charge is -2.31. The van der Waals surface area contributed by atoms with Crippen LogP contribution in [0.4, 0.5) is 0 Å². The zero-order valence-corrected chi connectivity index (χ0v) is 9.54. The van der Waals surface area contributed by atoms with E-state index in [-0.39, 0.29) is 0 Å². The number of likely N-dealkylation sites (tertiary alicyclic amines) is 1. The first kappa shape index (κ1) is 12.2. The van der Waals surface area contributed by atoms with E-state index in [1.54, 1.807) is 0 Å². The molecule has 1 rings (SSSR count). The van der Waals surface area contributed by atoms with Crippen LogP contribution in [0.25, 0.3) is 0 Å². The van der Waals surface area contributed by atoms with Crippen LogP contribution in [0.5, 0.6) is 0 Å². The van der Waals surface area contributed by atoms with E-state index in [4.69, 9.17) is 5.11 Å². The minimum Gasteiger partial charge on any atom is -0.481 e. The molecule has 3 heteroatoms. The summed E-state index contributed by atoms with van der Waals surface area (Å²) in [6.45, 7) is 9.16. The molecule has 0 amide bonds. The summed E-state index contributed by atoms with van der Waals surface area (Å²) in [7, 11) is 0. The lowest BCUT2D eigenvalue weighted by atomic mass is 9.93. The van der Waals surface area contributed by atoms with Crippen LogP contribution in [0.15, 0.2) is 12.2 Å². The molecule has 86 valence electrons. The van der Waals surface area contributed by atoms with Crippen molar-refractivity contribution in [1.29, 1.82) is 0 Å². The van der Waals surface area contributed by atoms with Crippen LogP contribution in [0.1, 0.15) is 32.6 Å². The van der Waals surface area contributed by atoms with Gasteiger partial charge in [-0.05, 0) is 38.3 Å². The normalized spacial score (nSPS) is 19.0. The van der Waals surface area contributed by atoms with Crippen molar-refractivity contribution in [3.63, 3.8) is 0 Å². The summed E-state index contributed by atoms with van der Waals surface area (Å²) in [5.74, 6) is -0.278. The molecule has 0 saturated carbocycles. The molecule has 3 nitrogen and oxygen atoms in total. The summed E-state index contributed by atoms with van der Waals surface area (Å²) >= 11 is 0. The van der Waals surface area contributed by atoms with Gasteiger partial charge >= 0.3 is 5.97 Å². The Morgan fingerprint density at radius 2 is 2.07 bits per heavy atom. The molecule has 0 aromatic carbocycles. The topological polar surface area (TPSA) is 40.5 Å². The fraction of sp³-hybridized carbons (Fsp3) is 0.750. The molecule has 0 aromatic heterocycles. The SMILES string of the molecule is C=C(CC)CN1CCC(CC(=O)O)CC1. The van der Waals surface area contributed by atoms with Crippen LogP contribution in [-0.2, 0) is 4.79 Å². The molecule has 15 heavy (non-hydrogen) atoms. The van der Waals surface area contributed by atoms with E-state index in [0.717, 1.165) is 38.9 Å². The first-order valence-corrected chi connectivity index (χ1v) is 5.72. The molecular weight excluding hydrogens is 190 g/mol. The maximum atomic E-state index is 10.5. The van der Waals surface area contributed by atoms with Crippen LogP contribution in [-0.4, -0.2) is 35.6 Å². The second kappa shape index (κ2) is 5.91. The fourth-order valence-corrected chi connectivity index (χ4v) is 2.02. The smallest absolute Gasteiger partial charge is 0.303 e. The number of rotatable bonds is 5. The highest BCUT2D eigenvalue weighted by molar-refractivity contribution is 5.67. The van der Waals surface area contributed by atoms with E-state index in [2.05, 4.69) is 18.4 Å². The van der Waals surface area contributed by atoms with Crippen LogP contribution in [0.2, 0.25) is 0 Å². The van der Waals surface area contributed by atoms with E-state index < -0.39 is 5.97 Å². The largest absolute Gasteiger partial charge is 0.481 e. The lowest BCUT2D eigenvalue weighted by molar-refractivity contribution is -0.138. The van der Waals surface area contributed by atoms with E-state index in [9.17, 15) is 4.79 Å². The predicted molar refractivity (Wildman–Crippen MR) is 60.8 cm³/mol. The lowest BCUT2D eigenvalue weighted by Crippen LogP contribution is -2.35. The van der Waals surface area contributed by atoms with E-state index >= 15 is 0 Å². The van der Waals surface area contributed by atoms with Crippen molar-refractivity contribution in [2.45, 2.75) is 32.6 Å². The van der Waals surface area contributed by atoms with Gasteiger partial charge < -0.3 is 5.11 Å². The van der Waals surface area contributed by atoms with Crippen molar-refractivity contribution in [3.8, 4) is 0 Å². The average molecular weight is 211 g/mol. The van der Waals surface area contributed by atoms with Gasteiger partial charge in [0.15, 0.2) is 0 Å². The Balaban J connectivity index is 2.23.